The summed E-state index contributed by atoms with van der Waals surface area (Å²) >= 11 is 5.99. The van der Waals surface area contributed by atoms with Crippen molar-refractivity contribution in [2.24, 2.45) is 0 Å². The molecule has 0 aliphatic heterocycles. The zero-order valence-electron chi connectivity index (χ0n) is 9.82. The zero-order valence-corrected chi connectivity index (χ0v) is 10.6. The molecule has 0 saturated heterocycles. The average Bonchev–Trinajstić information content (AvgIpc) is 2.77. The highest BCUT2D eigenvalue weighted by molar-refractivity contribution is 6.31. The Balaban J connectivity index is 2.58. The fourth-order valence-corrected chi connectivity index (χ4v) is 2.03. The van der Waals surface area contributed by atoms with E-state index < -0.39 is 5.97 Å². The molecule has 2 rings (SSSR count). The van der Waals surface area contributed by atoms with E-state index in [0.29, 0.717) is 22.0 Å². The Bertz CT molecular complexity index is 607. The van der Waals surface area contributed by atoms with Crippen LogP contribution in [0.25, 0.3) is 11.3 Å². The number of nitrogens with one attached hydrogen (secondary N) is 1. The first-order valence-electron chi connectivity index (χ1n) is 5.16. The predicted octanol–water partition coefficient (Wildman–Crippen LogP) is 2.75. The number of aromatic amines is 1. The molecule has 0 amide bonds. The monoisotopic (exact) mass is 266 g/mol. The molecule has 6 heteroatoms. The number of aromatic carboxylic acids is 1. The summed E-state index contributed by atoms with van der Waals surface area (Å²) in [6.45, 7) is 1.86. The van der Waals surface area contributed by atoms with Crippen LogP contribution >= 0.6 is 11.6 Å². The van der Waals surface area contributed by atoms with Gasteiger partial charge in [0.25, 0.3) is 0 Å². The number of carboxylic acids is 1. The fraction of sp³-hybridized carbons (Fsp3) is 0.167. The summed E-state index contributed by atoms with van der Waals surface area (Å²) in [6, 6.07) is 4.90. The molecule has 0 radical (unpaired) electrons. The van der Waals surface area contributed by atoms with Gasteiger partial charge < -0.3 is 9.84 Å². The molecule has 0 atom stereocenters. The minimum atomic E-state index is -1.06. The third kappa shape index (κ3) is 2.17. The summed E-state index contributed by atoms with van der Waals surface area (Å²) in [4.78, 5) is 10.8. The lowest BCUT2D eigenvalue weighted by atomic mass is 10.1. The molecule has 5 nitrogen and oxygen atoms in total. The van der Waals surface area contributed by atoms with Crippen molar-refractivity contribution in [1.29, 1.82) is 0 Å². The number of carboxylic acid groups (broad SMARTS) is 1. The van der Waals surface area contributed by atoms with Gasteiger partial charge in [0, 0.05) is 10.6 Å². The van der Waals surface area contributed by atoms with Gasteiger partial charge >= 0.3 is 5.97 Å². The SMILES string of the molecule is COc1c(C)cc(Cl)cc1-c1cc(C(=O)O)[nH]n1. The number of carbonyl (C=O) groups is 1. The molecule has 0 unspecified atom stereocenters. The third-order valence-electron chi connectivity index (χ3n) is 2.53. The van der Waals surface area contributed by atoms with E-state index >= 15 is 0 Å². The number of ether oxygens (including phenoxy) is 1. The smallest absolute Gasteiger partial charge is 0.353 e. The topological polar surface area (TPSA) is 75.2 Å². The van der Waals surface area contributed by atoms with Crippen LogP contribution in [-0.4, -0.2) is 28.4 Å². The molecule has 1 aromatic carbocycles. The number of hydrogen-bond donors (Lipinski definition) is 2. The van der Waals surface area contributed by atoms with E-state index in [0.717, 1.165) is 5.56 Å². The normalized spacial score (nSPS) is 10.4. The Morgan fingerprint density at radius 2 is 2.17 bits per heavy atom. The molecule has 2 N–H and O–H groups in total. The largest absolute Gasteiger partial charge is 0.496 e. The Kier molecular flexibility index (Phi) is 3.25. The summed E-state index contributed by atoms with van der Waals surface area (Å²) in [5, 5.41) is 15.8. The Hall–Kier alpha value is -2.01. The molecule has 0 bridgehead atoms. The van der Waals surface area contributed by atoms with Gasteiger partial charge in [-0.3, -0.25) is 5.10 Å². The summed E-state index contributed by atoms with van der Waals surface area (Å²) in [7, 11) is 1.55. The molecular formula is C12H11ClN2O3. The van der Waals surface area contributed by atoms with Crippen molar-refractivity contribution in [3.05, 3.63) is 34.5 Å². The number of rotatable bonds is 3. The summed E-state index contributed by atoms with van der Waals surface area (Å²) in [5.41, 5.74) is 2.02. The molecule has 2 aromatic rings. The van der Waals surface area contributed by atoms with Crippen LogP contribution in [0.1, 0.15) is 16.1 Å². The lowest BCUT2D eigenvalue weighted by Gasteiger charge is -2.10. The lowest BCUT2D eigenvalue weighted by molar-refractivity contribution is 0.0690. The van der Waals surface area contributed by atoms with Crippen LogP contribution in [0.3, 0.4) is 0 Å². The third-order valence-corrected chi connectivity index (χ3v) is 2.75. The first-order chi connectivity index (χ1) is 8.52. The molecule has 1 aromatic heterocycles. The van der Waals surface area contributed by atoms with E-state index in [4.69, 9.17) is 21.4 Å². The quantitative estimate of drug-likeness (QED) is 0.896. The van der Waals surface area contributed by atoms with Crippen LogP contribution in [0.4, 0.5) is 0 Å². The number of benzene rings is 1. The molecule has 0 saturated carbocycles. The van der Waals surface area contributed by atoms with Crippen molar-refractivity contribution in [2.75, 3.05) is 7.11 Å². The van der Waals surface area contributed by atoms with E-state index in [9.17, 15) is 4.79 Å². The molecule has 94 valence electrons. The molecule has 0 aliphatic carbocycles. The zero-order chi connectivity index (χ0) is 13.3. The van der Waals surface area contributed by atoms with Crippen LogP contribution in [-0.2, 0) is 0 Å². The number of H-pyrrole nitrogens is 1. The number of halogens is 1. The van der Waals surface area contributed by atoms with E-state index in [1.165, 1.54) is 6.07 Å². The van der Waals surface area contributed by atoms with Crippen LogP contribution in [0, 0.1) is 6.92 Å². The van der Waals surface area contributed by atoms with Crippen molar-refractivity contribution in [3.63, 3.8) is 0 Å². The van der Waals surface area contributed by atoms with Gasteiger partial charge in [-0.15, -0.1) is 0 Å². The van der Waals surface area contributed by atoms with E-state index in [-0.39, 0.29) is 5.69 Å². The van der Waals surface area contributed by atoms with Crippen LogP contribution in [0.15, 0.2) is 18.2 Å². The predicted molar refractivity (Wildman–Crippen MR) is 67.3 cm³/mol. The van der Waals surface area contributed by atoms with Crippen molar-refractivity contribution < 1.29 is 14.6 Å². The number of hydrogen-bond acceptors (Lipinski definition) is 3. The highest BCUT2D eigenvalue weighted by atomic mass is 35.5. The van der Waals surface area contributed by atoms with Crippen molar-refractivity contribution in [2.45, 2.75) is 6.92 Å². The maximum atomic E-state index is 10.8. The molecule has 0 fully saturated rings. The summed E-state index contributed by atoms with van der Waals surface area (Å²) < 4.78 is 5.30. The number of aromatic nitrogens is 2. The van der Waals surface area contributed by atoms with Gasteiger partial charge in [-0.1, -0.05) is 11.6 Å². The van der Waals surface area contributed by atoms with Gasteiger partial charge in [0.2, 0.25) is 0 Å². The molecular weight excluding hydrogens is 256 g/mol. The maximum Gasteiger partial charge on any atom is 0.353 e. The lowest BCUT2D eigenvalue weighted by Crippen LogP contribution is -1.95. The molecule has 0 aliphatic rings. The van der Waals surface area contributed by atoms with Crippen molar-refractivity contribution in [1.82, 2.24) is 10.2 Å². The maximum absolute atomic E-state index is 10.8. The van der Waals surface area contributed by atoms with Gasteiger partial charge in [0.1, 0.15) is 11.4 Å². The Labute approximate surface area is 108 Å². The highest BCUT2D eigenvalue weighted by Crippen LogP contribution is 2.34. The van der Waals surface area contributed by atoms with E-state index in [1.54, 1.807) is 19.2 Å². The van der Waals surface area contributed by atoms with Crippen molar-refractivity contribution in [3.8, 4) is 17.0 Å². The number of aryl methyl sites for hydroxylation is 1. The van der Waals surface area contributed by atoms with Crippen LogP contribution in [0.5, 0.6) is 5.75 Å². The first kappa shape index (κ1) is 12.4. The number of nitrogens with zero attached hydrogens (tertiary/aromatic N) is 1. The highest BCUT2D eigenvalue weighted by Gasteiger charge is 2.15. The summed E-state index contributed by atoms with van der Waals surface area (Å²) in [5.74, 6) is -0.436. The minimum Gasteiger partial charge on any atom is -0.496 e. The van der Waals surface area contributed by atoms with Crippen LogP contribution < -0.4 is 4.74 Å². The van der Waals surface area contributed by atoms with Gasteiger partial charge in [-0.05, 0) is 30.7 Å². The molecule has 18 heavy (non-hydrogen) atoms. The fourth-order valence-electron chi connectivity index (χ4n) is 1.76. The molecule has 1 heterocycles. The van der Waals surface area contributed by atoms with Gasteiger partial charge in [-0.2, -0.15) is 5.10 Å². The van der Waals surface area contributed by atoms with Crippen molar-refractivity contribution >= 4 is 17.6 Å². The second-order valence-corrected chi connectivity index (χ2v) is 4.21. The van der Waals surface area contributed by atoms with Gasteiger partial charge in [-0.25, -0.2) is 4.79 Å². The Morgan fingerprint density at radius 1 is 1.44 bits per heavy atom. The average molecular weight is 267 g/mol. The first-order valence-corrected chi connectivity index (χ1v) is 5.54. The second kappa shape index (κ2) is 4.70. The van der Waals surface area contributed by atoms with Gasteiger partial charge in [0.05, 0.1) is 12.8 Å². The minimum absolute atomic E-state index is 0.0182. The second-order valence-electron chi connectivity index (χ2n) is 3.78. The van der Waals surface area contributed by atoms with Gasteiger partial charge in [0.15, 0.2) is 0 Å². The molecule has 0 spiro atoms. The summed E-state index contributed by atoms with van der Waals surface area (Å²) in [6.07, 6.45) is 0. The van der Waals surface area contributed by atoms with Crippen LogP contribution in [0.2, 0.25) is 5.02 Å². The Morgan fingerprint density at radius 3 is 2.72 bits per heavy atom. The van der Waals surface area contributed by atoms with E-state index in [2.05, 4.69) is 10.2 Å². The van der Waals surface area contributed by atoms with E-state index in [1.807, 2.05) is 6.92 Å². The number of methoxy groups -OCH3 is 1. The standard InChI is InChI=1S/C12H11ClN2O3/c1-6-3-7(13)4-8(11(6)18-2)9-5-10(12(16)17)15-14-9/h3-5H,1-2H3,(H,14,15)(H,16,17).